The van der Waals surface area contributed by atoms with Gasteiger partial charge in [-0.3, -0.25) is 4.55 Å². The third kappa shape index (κ3) is 8.01. The van der Waals surface area contributed by atoms with E-state index < -0.39 is 10.1 Å². The van der Waals surface area contributed by atoms with E-state index in [2.05, 4.69) is 49.2 Å². The van der Waals surface area contributed by atoms with Crippen molar-refractivity contribution in [3.63, 3.8) is 0 Å². The maximum Gasteiger partial charge on any atom is 0.264 e. The summed E-state index contributed by atoms with van der Waals surface area (Å²) in [5.74, 6) is 1.54. The highest BCUT2D eigenvalue weighted by Gasteiger charge is 2.28. The van der Waals surface area contributed by atoms with Crippen molar-refractivity contribution in [2.45, 2.75) is 40.0 Å². The largest absolute Gasteiger partial charge is 0.461 e. The highest BCUT2D eigenvalue weighted by molar-refractivity contribution is 7.85. The van der Waals surface area contributed by atoms with Crippen molar-refractivity contribution in [2.75, 3.05) is 29.1 Å². The molecule has 0 spiro atoms. The van der Waals surface area contributed by atoms with Gasteiger partial charge in [-0.15, -0.1) is 0 Å². The Morgan fingerprint density at radius 3 is 2.51 bits per heavy atom. The van der Waals surface area contributed by atoms with Crippen molar-refractivity contribution in [1.82, 2.24) is 0 Å². The van der Waals surface area contributed by atoms with Crippen LogP contribution in [0.1, 0.15) is 45.6 Å². The number of anilines is 2. The molecule has 0 saturated heterocycles. The minimum absolute atomic E-state index is 0.0676. The van der Waals surface area contributed by atoms with Crippen LogP contribution in [-0.4, -0.2) is 31.8 Å². The quantitative estimate of drug-likeness (QED) is 0.294. The SMILES string of the molecule is CCN(CCCS(=O)(=O)O)c1ccc2c(c1)OC(C(C)(C)C)=CC2/C=C/C=C/Nc1ccccc1. The minimum atomic E-state index is -3.96. The Morgan fingerprint density at radius 1 is 1.11 bits per heavy atom. The Balaban J connectivity index is 1.79. The van der Waals surface area contributed by atoms with E-state index in [4.69, 9.17) is 9.29 Å². The van der Waals surface area contributed by atoms with E-state index in [1.54, 1.807) is 0 Å². The van der Waals surface area contributed by atoms with Crippen molar-refractivity contribution in [3.05, 3.63) is 90.4 Å². The zero-order valence-electron chi connectivity index (χ0n) is 20.9. The molecular weight excluding hydrogens is 460 g/mol. The summed E-state index contributed by atoms with van der Waals surface area (Å²) in [6.07, 6.45) is 10.6. The number of para-hydroxylation sites is 1. The summed E-state index contributed by atoms with van der Waals surface area (Å²) in [5.41, 5.74) is 2.93. The first-order chi connectivity index (χ1) is 16.6. The molecule has 1 atom stereocenters. The van der Waals surface area contributed by atoms with Gasteiger partial charge < -0.3 is 15.0 Å². The van der Waals surface area contributed by atoms with Gasteiger partial charge in [0.1, 0.15) is 11.5 Å². The fourth-order valence-corrected chi connectivity index (χ4v) is 4.37. The second-order valence-electron chi connectivity index (χ2n) is 9.60. The van der Waals surface area contributed by atoms with Crippen LogP contribution in [0.4, 0.5) is 11.4 Å². The molecule has 2 N–H and O–H groups in total. The maximum absolute atomic E-state index is 11.1. The second kappa shape index (κ2) is 11.6. The number of rotatable bonds is 10. The highest BCUT2D eigenvalue weighted by Crippen LogP contribution is 2.42. The molecule has 188 valence electrons. The predicted octanol–water partition coefficient (Wildman–Crippen LogP) is 6.38. The lowest BCUT2D eigenvalue weighted by atomic mass is 9.86. The van der Waals surface area contributed by atoms with E-state index >= 15 is 0 Å². The van der Waals surface area contributed by atoms with Gasteiger partial charge in [-0.1, -0.05) is 57.2 Å². The van der Waals surface area contributed by atoms with Crippen LogP contribution < -0.4 is 15.0 Å². The third-order valence-corrected chi connectivity index (χ3v) is 6.58. The fraction of sp³-hybridized carbons (Fsp3) is 0.357. The first kappa shape index (κ1) is 26.6. The van der Waals surface area contributed by atoms with E-state index in [0.29, 0.717) is 13.0 Å². The number of ether oxygens (including phenoxy) is 1. The van der Waals surface area contributed by atoms with Crippen molar-refractivity contribution < 1.29 is 17.7 Å². The molecular formula is C28H36N2O4S. The Morgan fingerprint density at radius 2 is 1.86 bits per heavy atom. The van der Waals surface area contributed by atoms with Crippen molar-refractivity contribution in [2.24, 2.45) is 5.41 Å². The molecule has 0 fully saturated rings. The molecule has 0 bridgehead atoms. The Labute approximate surface area is 209 Å². The molecule has 0 aromatic heterocycles. The molecule has 7 heteroatoms. The first-order valence-corrected chi connectivity index (χ1v) is 13.6. The molecule has 1 aliphatic rings. The van der Waals surface area contributed by atoms with Gasteiger partial charge >= 0.3 is 0 Å². The average molecular weight is 497 g/mol. The van der Waals surface area contributed by atoms with E-state index in [0.717, 1.165) is 35.0 Å². The average Bonchev–Trinajstić information content (AvgIpc) is 2.80. The lowest BCUT2D eigenvalue weighted by Gasteiger charge is -2.32. The Kier molecular flexibility index (Phi) is 8.81. The van der Waals surface area contributed by atoms with Gasteiger partial charge in [-0.2, -0.15) is 8.42 Å². The van der Waals surface area contributed by atoms with Gasteiger partial charge in [0.05, 0.1) is 5.75 Å². The van der Waals surface area contributed by atoms with Crippen LogP contribution in [0.25, 0.3) is 0 Å². The molecule has 0 saturated carbocycles. The molecule has 1 aliphatic heterocycles. The molecule has 35 heavy (non-hydrogen) atoms. The van der Waals surface area contributed by atoms with Crippen LogP contribution in [0.2, 0.25) is 0 Å². The summed E-state index contributed by atoms with van der Waals surface area (Å²) >= 11 is 0. The van der Waals surface area contributed by atoms with E-state index in [9.17, 15) is 8.42 Å². The number of hydrogen-bond acceptors (Lipinski definition) is 5. The molecule has 2 aromatic carbocycles. The zero-order valence-corrected chi connectivity index (χ0v) is 21.8. The number of hydrogen-bond donors (Lipinski definition) is 2. The molecule has 1 heterocycles. The van der Waals surface area contributed by atoms with Gasteiger partial charge in [0.2, 0.25) is 0 Å². The molecule has 0 aliphatic carbocycles. The van der Waals surface area contributed by atoms with Gasteiger partial charge in [-0.05, 0) is 43.7 Å². The number of nitrogens with zero attached hydrogens (tertiary/aromatic N) is 1. The van der Waals surface area contributed by atoms with Crippen LogP contribution in [0.5, 0.6) is 5.75 Å². The maximum atomic E-state index is 11.1. The molecule has 2 aromatic rings. The van der Waals surface area contributed by atoms with Crippen LogP contribution in [0, 0.1) is 5.41 Å². The standard InChI is InChI=1S/C28H36N2O4S/c1-5-30(18-11-19-35(31,32)33)24-15-16-25-22(20-27(28(2,3)4)34-26(25)21-24)12-9-10-17-29-23-13-7-6-8-14-23/h6-10,12-17,20-22,29H,5,11,18-19H2,1-4H3,(H,31,32,33)/b12-9+,17-10+. The molecule has 3 rings (SSSR count). The van der Waals surface area contributed by atoms with Gasteiger partial charge in [0.15, 0.2) is 0 Å². The lowest BCUT2D eigenvalue weighted by molar-refractivity contribution is 0.282. The van der Waals surface area contributed by atoms with E-state index in [-0.39, 0.29) is 17.1 Å². The van der Waals surface area contributed by atoms with Gasteiger partial charge in [0.25, 0.3) is 10.1 Å². The van der Waals surface area contributed by atoms with Crippen LogP contribution in [0.3, 0.4) is 0 Å². The topological polar surface area (TPSA) is 78.9 Å². The number of allylic oxidation sites excluding steroid dienone is 5. The van der Waals surface area contributed by atoms with Gasteiger partial charge in [0, 0.05) is 53.6 Å². The fourth-order valence-electron chi connectivity index (χ4n) is 3.88. The lowest BCUT2D eigenvalue weighted by Crippen LogP contribution is -2.26. The zero-order chi connectivity index (χ0) is 25.5. The molecule has 0 radical (unpaired) electrons. The van der Waals surface area contributed by atoms with Crippen molar-refractivity contribution >= 4 is 21.5 Å². The smallest absolute Gasteiger partial charge is 0.264 e. The normalized spacial score (nSPS) is 16.1. The molecule has 6 nitrogen and oxygen atoms in total. The highest BCUT2D eigenvalue weighted by atomic mass is 32.2. The Hall–Kier alpha value is -3.03. The molecule has 0 amide bonds. The van der Waals surface area contributed by atoms with Crippen LogP contribution in [-0.2, 0) is 10.1 Å². The van der Waals surface area contributed by atoms with Crippen LogP contribution >= 0.6 is 0 Å². The summed E-state index contributed by atoms with van der Waals surface area (Å²) < 4.78 is 37.6. The number of nitrogens with one attached hydrogen (secondary N) is 1. The minimum Gasteiger partial charge on any atom is -0.461 e. The number of fused-ring (bicyclic) bond motifs is 1. The first-order valence-electron chi connectivity index (χ1n) is 12.0. The summed E-state index contributed by atoms with van der Waals surface area (Å²) in [4.78, 5) is 2.09. The van der Waals surface area contributed by atoms with Crippen molar-refractivity contribution in [1.29, 1.82) is 0 Å². The summed E-state index contributed by atoms with van der Waals surface area (Å²) in [5, 5.41) is 3.26. The van der Waals surface area contributed by atoms with Crippen molar-refractivity contribution in [3.8, 4) is 5.75 Å². The van der Waals surface area contributed by atoms with Gasteiger partial charge in [-0.25, -0.2) is 0 Å². The monoisotopic (exact) mass is 496 g/mol. The number of benzene rings is 2. The van der Waals surface area contributed by atoms with E-state index in [1.165, 1.54) is 0 Å². The predicted molar refractivity (Wildman–Crippen MR) is 145 cm³/mol. The Bertz CT molecular complexity index is 1180. The third-order valence-electron chi connectivity index (χ3n) is 5.77. The van der Waals surface area contributed by atoms with E-state index in [1.807, 2.05) is 67.7 Å². The van der Waals surface area contributed by atoms with Crippen LogP contribution in [0.15, 0.2) is 84.8 Å². The summed E-state index contributed by atoms with van der Waals surface area (Å²) in [6.45, 7) is 9.66. The molecule has 1 unspecified atom stereocenters. The summed E-state index contributed by atoms with van der Waals surface area (Å²) in [6, 6.07) is 16.1. The second-order valence-corrected chi connectivity index (χ2v) is 11.2. The summed E-state index contributed by atoms with van der Waals surface area (Å²) in [7, 11) is -3.96.